The van der Waals surface area contributed by atoms with Gasteiger partial charge in [0, 0.05) is 0 Å². The van der Waals surface area contributed by atoms with Crippen molar-refractivity contribution in [1.82, 2.24) is 0 Å². The summed E-state index contributed by atoms with van der Waals surface area (Å²) in [6.45, 7) is 4.16. The van der Waals surface area contributed by atoms with Crippen LogP contribution < -0.4 is 28.4 Å². The predicted octanol–water partition coefficient (Wildman–Crippen LogP) is 4.55. The molecule has 0 bridgehead atoms. The normalized spacial score (nSPS) is 9.71. The van der Waals surface area contributed by atoms with Crippen LogP contribution in [0.3, 0.4) is 0 Å². The zero-order valence-corrected chi connectivity index (χ0v) is 18.2. The molecule has 2 rings (SSSR count). The first-order chi connectivity index (χ1) is 13.5. The molecule has 0 unspecified atom stereocenters. The van der Waals surface area contributed by atoms with E-state index >= 15 is 0 Å². The highest BCUT2D eigenvalue weighted by atomic mass is 16.5. The van der Waals surface area contributed by atoms with Crippen molar-refractivity contribution in [2.24, 2.45) is 0 Å². The van der Waals surface area contributed by atoms with Crippen molar-refractivity contribution in [3.05, 3.63) is 35.4 Å². The fourth-order valence-electron chi connectivity index (χ4n) is 2.78. The van der Waals surface area contributed by atoms with Gasteiger partial charge in [-0.25, -0.2) is 0 Å². The summed E-state index contributed by atoms with van der Waals surface area (Å²) in [7, 11) is 9.71. The second-order valence-electron chi connectivity index (χ2n) is 5.73. The molecule has 0 aromatic heterocycles. The van der Waals surface area contributed by atoms with E-state index < -0.39 is 0 Å². The van der Waals surface area contributed by atoms with Gasteiger partial charge >= 0.3 is 0 Å². The highest BCUT2D eigenvalue weighted by Crippen LogP contribution is 2.40. The van der Waals surface area contributed by atoms with E-state index in [0.29, 0.717) is 28.7 Å². The van der Waals surface area contributed by atoms with Crippen molar-refractivity contribution in [3.63, 3.8) is 0 Å². The maximum absolute atomic E-state index is 5.30. The monoisotopic (exact) mass is 392 g/mol. The minimum Gasteiger partial charge on any atom is -0.493 e. The third-order valence-electron chi connectivity index (χ3n) is 4.30. The van der Waals surface area contributed by atoms with Crippen LogP contribution in [0.25, 0.3) is 0 Å². The number of benzene rings is 2. The smallest absolute Gasteiger partial charge is 0.203 e. The zero-order valence-electron chi connectivity index (χ0n) is 18.2. The van der Waals surface area contributed by atoms with Gasteiger partial charge in [0.2, 0.25) is 11.5 Å². The van der Waals surface area contributed by atoms with Crippen LogP contribution in [0.2, 0.25) is 0 Å². The Morgan fingerprint density at radius 1 is 0.536 bits per heavy atom. The molecule has 6 heteroatoms. The Bertz CT molecular complexity index is 686. The van der Waals surface area contributed by atoms with Crippen LogP contribution in [0, 0.1) is 0 Å². The lowest BCUT2D eigenvalue weighted by Gasteiger charge is -2.14. The molecular formula is C22H32O6. The van der Waals surface area contributed by atoms with E-state index in [0.717, 1.165) is 24.2 Å². The molecule has 6 nitrogen and oxygen atoms in total. The summed E-state index contributed by atoms with van der Waals surface area (Å²) < 4.78 is 31.4. The standard InChI is InChI=1S/2C11H16O3/c1-5-8-6-9(12-2)11(14-4)10(7-8)13-3;1-5-8-6-7-9(12-2)11(14-4)10(8)13-3/h2*6-7H,5H2,1-4H3. The van der Waals surface area contributed by atoms with Gasteiger partial charge in [-0.05, 0) is 42.2 Å². The molecule has 0 aliphatic rings. The average Bonchev–Trinajstić information content (AvgIpc) is 2.76. The molecule has 0 aliphatic carbocycles. The molecular weight excluding hydrogens is 360 g/mol. The van der Waals surface area contributed by atoms with Crippen LogP contribution in [0.15, 0.2) is 24.3 Å². The molecule has 2 aromatic rings. The summed E-state index contributed by atoms with van der Waals surface area (Å²) in [5.74, 6) is 4.19. The second kappa shape index (κ2) is 11.8. The quantitative estimate of drug-likeness (QED) is 0.657. The summed E-state index contributed by atoms with van der Waals surface area (Å²) in [5, 5.41) is 0. The van der Waals surface area contributed by atoms with Crippen LogP contribution in [-0.4, -0.2) is 42.7 Å². The van der Waals surface area contributed by atoms with Crippen LogP contribution in [0.4, 0.5) is 0 Å². The Labute approximate surface area is 168 Å². The number of hydrogen-bond acceptors (Lipinski definition) is 6. The van der Waals surface area contributed by atoms with Crippen molar-refractivity contribution in [2.45, 2.75) is 26.7 Å². The maximum atomic E-state index is 5.30. The molecule has 0 heterocycles. The molecule has 28 heavy (non-hydrogen) atoms. The summed E-state index contributed by atoms with van der Waals surface area (Å²) in [4.78, 5) is 0. The van der Waals surface area contributed by atoms with Crippen molar-refractivity contribution < 1.29 is 28.4 Å². The van der Waals surface area contributed by atoms with Crippen LogP contribution in [-0.2, 0) is 12.8 Å². The molecule has 2 aromatic carbocycles. The van der Waals surface area contributed by atoms with E-state index in [2.05, 4.69) is 13.8 Å². The number of ether oxygens (including phenoxy) is 6. The van der Waals surface area contributed by atoms with Gasteiger partial charge in [-0.2, -0.15) is 0 Å². The van der Waals surface area contributed by atoms with Gasteiger partial charge in [0.1, 0.15) is 0 Å². The molecule has 0 fully saturated rings. The third-order valence-corrected chi connectivity index (χ3v) is 4.30. The fraction of sp³-hybridized carbons (Fsp3) is 0.455. The molecule has 0 aliphatic heterocycles. The number of rotatable bonds is 8. The number of hydrogen-bond donors (Lipinski definition) is 0. The van der Waals surface area contributed by atoms with E-state index in [1.807, 2.05) is 24.3 Å². The Morgan fingerprint density at radius 2 is 1.04 bits per heavy atom. The van der Waals surface area contributed by atoms with E-state index in [1.165, 1.54) is 5.56 Å². The van der Waals surface area contributed by atoms with Crippen LogP contribution in [0.1, 0.15) is 25.0 Å². The maximum Gasteiger partial charge on any atom is 0.203 e. The van der Waals surface area contributed by atoms with E-state index in [9.17, 15) is 0 Å². The summed E-state index contributed by atoms with van der Waals surface area (Å²) in [6.07, 6.45) is 1.85. The van der Waals surface area contributed by atoms with Crippen molar-refractivity contribution >= 4 is 0 Å². The van der Waals surface area contributed by atoms with Gasteiger partial charge in [0.15, 0.2) is 23.0 Å². The average molecular weight is 392 g/mol. The molecule has 0 N–H and O–H groups in total. The van der Waals surface area contributed by atoms with Crippen LogP contribution in [0.5, 0.6) is 34.5 Å². The lowest BCUT2D eigenvalue weighted by atomic mass is 10.1. The Kier molecular flexibility index (Phi) is 9.85. The predicted molar refractivity (Wildman–Crippen MR) is 111 cm³/mol. The number of aryl methyl sites for hydroxylation is 2. The Balaban J connectivity index is 0.000000280. The SMILES string of the molecule is CCc1cc(OC)c(OC)c(OC)c1.CCc1ccc(OC)c(OC)c1OC. The third kappa shape index (κ3) is 5.38. The fourth-order valence-corrected chi connectivity index (χ4v) is 2.78. The second-order valence-corrected chi connectivity index (χ2v) is 5.73. The molecule has 0 atom stereocenters. The lowest BCUT2D eigenvalue weighted by molar-refractivity contribution is 0.322. The zero-order chi connectivity index (χ0) is 21.1. The largest absolute Gasteiger partial charge is 0.493 e. The van der Waals surface area contributed by atoms with Gasteiger partial charge in [-0.3, -0.25) is 0 Å². The first kappa shape index (κ1) is 23.3. The number of methoxy groups -OCH3 is 6. The minimum absolute atomic E-state index is 0.646. The van der Waals surface area contributed by atoms with Crippen molar-refractivity contribution in [3.8, 4) is 34.5 Å². The molecule has 0 saturated carbocycles. The van der Waals surface area contributed by atoms with Crippen LogP contribution >= 0.6 is 0 Å². The van der Waals surface area contributed by atoms with Crippen molar-refractivity contribution in [2.75, 3.05) is 42.7 Å². The molecule has 0 radical (unpaired) electrons. The first-order valence-corrected chi connectivity index (χ1v) is 9.11. The Morgan fingerprint density at radius 3 is 1.39 bits per heavy atom. The molecule has 156 valence electrons. The summed E-state index contributed by atoms with van der Waals surface area (Å²) in [6, 6.07) is 7.79. The van der Waals surface area contributed by atoms with Gasteiger partial charge in [0.05, 0.1) is 42.7 Å². The summed E-state index contributed by atoms with van der Waals surface area (Å²) >= 11 is 0. The molecule has 0 amide bonds. The highest BCUT2D eigenvalue weighted by Gasteiger charge is 2.14. The Hall–Kier alpha value is -2.76. The van der Waals surface area contributed by atoms with E-state index in [4.69, 9.17) is 28.4 Å². The van der Waals surface area contributed by atoms with Gasteiger partial charge < -0.3 is 28.4 Å². The van der Waals surface area contributed by atoms with Gasteiger partial charge in [-0.15, -0.1) is 0 Å². The molecule has 0 saturated heterocycles. The summed E-state index contributed by atoms with van der Waals surface area (Å²) in [5.41, 5.74) is 2.28. The lowest BCUT2D eigenvalue weighted by Crippen LogP contribution is -1.97. The first-order valence-electron chi connectivity index (χ1n) is 9.11. The van der Waals surface area contributed by atoms with Gasteiger partial charge in [0.25, 0.3) is 0 Å². The van der Waals surface area contributed by atoms with E-state index in [-0.39, 0.29) is 0 Å². The molecule has 0 spiro atoms. The minimum atomic E-state index is 0.646. The highest BCUT2D eigenvalue weighted by molar-refractivity contribution is 5.56. The van der Waals surface area contributed by atoms with E-state index in [1.54, 1.807) is 42.7 Å². The van der Waals surface area contributed by atoms with Crippen molar-refractivity contribution in [1.29, 1.82) is 0 Å². The topological polar surface area (TPSA) is 55.4 Å². The van der Waals surface area contributed by atoms with Gasteiger partial charge in [-0.1, -0.05) is 19.9 Å².